The van der Waals surface area contributed by atoms with Gasteiger partial charge in [-0.05, 0) is 26.7 Å². The molecule has 1 atom stereocenters. The number of imide groups is 1. The highest BCUT2D eigenvalue weighted by atomic mass is 32.2. The van der Waals surface area contributed by atoms with Crippen LogP contribution >= 0.6 is 12.2 Å². The second-order valence-corrected chi connectivity index (χ2v) is 8.15. The van der Waals surface area contributed by atoms with Crippen LogP contribution in [0.4, 0.5) is 0 Å². The zero-order valence-corrected chi connectivity index (χ0v) is 15.5. The average Bonchev–Trinajstić information content (AvgIpc) is 2.46. The van der Waals surface area contributed by atoms with Crippen LogP contribution in [0, 0.1) is 5.41 Å². The molecule has 0 saturated carbocycles. The lowest BCUT2D eigenvalue weighted by Gasteiger charge is -2.47. The minimum Gasteiger partial charge on any atom is -0.301 e. The van der Waals surface area contributed by atoms with E-state index < -0.39 is 17.4 Å². The van der Waals surface area contributed by atoms with Crippen LogP contribution in [-0.2, 0) is 13.9 Å². The molecule has 0 radical (unpaired) electrons. The first-order chi connectivity index (χ1) is 11.2. The van der Waals surface area contributed by atoms with Crippen LogP contribution in [0.2, 0.25) is 0 Å². The van der Waals surface area contributed by atoms with Crippen molar-refractivity contribution in [2.45, 2.75) is 65.1 Å². The maximum absolute atomic E-state index is 12.9. The van der Waals surface area contributed by atoms with Gasteiger partial charge in [0.2, 0.25) is 5.91 Å². The van der Waals surface area contributed by atoms with Crippen molar-refractivity contribution in [1.82, 2.24) is 14.3 Å². The SMILES string of the molecule is CC(C)N1CCC(N2C(=O)CC(C)(C)C(N(O)SOO)C2=O)CC1. The van der Waals surface area contributed by atoms with Crippen LogP contribution in [0.3, 0.4) is 0 Å². The van der Waals surface area contributed by atoms with Gasteiger partial charge < -0.3 is 10.1 Å². The van der Waals surface area contributed by atoms with Crippen molar-refractivity contribution in [1.29, 1.82) is 0 Å². The Morgan fingerprint density at radius 3 is 2.38 bits per heavy atom. The largest absolute Gasteiger partial charge is 0.301 e. The highest BCUT2D eigenvalue weighted by molar-refractivity contribution is 7.92. The van der Waals surface area contributed by atoms with Gasteiger partial charge in [0.05, 0.1) is 0 Å². The predicted octanol–water partition coefficient (Wildman–Crippen LogP) is 1.76. The van der Waals surface area contributed by atoms with Crippen LogP contribution in [0.15, 0.2) is 0 Å². The molecule has 2 heterocycles. The summed E-state index contributed by atoms with van der Waals surface area (Å²) >= 11 is 0.275. The molecular formula is C15H27N3O5S. The Kier molecular flexibility index (Phi) is 6.27. The summed E-state index contributed by atoms with van der Waals surface area (Å²) < 4.78 is 4.47. The Labute approximate surface area is 146 Å². The molecule has 0 aromatic heterocycles. The van der Waals surface area contributed by atoms with Crippen molar-refractivity contribution in [2.24, 2.45) is 5.41 Å². The smallest absolute Gasteiger partial charge is 0.250 e. The minimum absolute atomic E-state index is 0.146. The number of nitrogens with zero attached hydrogens (tertiary/aromatic N) is 3. The van der Waals surface area contributed by atoms with Crippen LogP contribution in [0.25, 0.3) is 0 Å². The number of rotatable bonds is 5. The van der Waals surface area contributed by atoms with Crippen molar-refractivity contribution in [3.63, 3.8) is 0 Å². The van der Waals surface area contributed by atoms with Gasteiger partial charge in [-0.25, -0.2) is 5.26 Å². The highest BCUT2D eigenvalue weighted by Gasteiger charge is 2.52. The van der Waals surface area contributed by atoms with Gasteiger partial charge in [-0.15, -0.1) is 4.33 Å². The average molecular weight is 361 g/mol. The Morgan fingerprint density at radius 2 is 1.88 bits per heavy atom. The molecule has 2 N–H and O–H groups in total. The molecule has 8 nitrogen and oxygen atoms in total. The van der Waals surface area contributed by atoms with E-state index in [9.17, 15) is 14.8 Å². The molecule has 2 fully saturated rings. The van der Waals surface area contributed by atoms with Gasteiger partial charge in [-0.3, -0.25) is 14.5 Å². The number of amides is 2. The van der Waals surface area contributed by atoms with E-state index in [1.165, 1.54) is 4.90 Å². The van der Waals surface area contributed by atoms with Crippen molar-refractivity contribution in [2.75, 3.05) is 13.1 Å². The number of likely N-dealkylation sites (tertiary alicyclic amines) is 2. The van der Waals surface area contributed by atoms with Crippen molar-refractivity contribution >= 4 is 24.0 Å². The van der Waals surface area contributed by atoms with Crippen molar-refractivity contribution in [3.8, 4) is 0 Å². The topological polar surface area (TPSA) is 93.6 Å². The quantitative estimate of drug-likeness (QED) is 0.252. The molecule has 1 unspecified atom stereocenters. The fourth-order valence-electron chi connectivity index (χ4n) is 3.68. The zero-order valence-electron chi connectivity index (χ0n) is 14.6. The molecule has 2 aliphatic rings. The van der Waals surface area contributed by atoms with Crippen LogP contribution < -0.4 is 0 Å². The van der Waals surface area contributed by atoms with Gasteiger partial charge in [0.25, 0.3) is 5.91 Å². The number of hydrogen-bond donors (Lipinski definition) is 2. The molecule has 2 amide bonds. The Morgan fingerprint density at radius 1 is 1.29 bits per heavy atom. The molecule has 24 heavy (non-hydrogen) atoms. The Bertz CT molecular complexity index is 480. The maximum atomic E-state index is 12.9. The number of hydroxylamine groups is 1. The van der Waals surface area contributed by atoms with E-state index in [4.69, 9.17) is 5.26 Å². The van der Waals surface area contributed by atoms with Crippen LogP contribution in [-0.4, -0.2) is 67.8 Å². The van der Waals surface area contributed by atoms with Crippen LogP contribution in [0.1, 0.15) is 47.0 Å². The molecule has 138 valence electrons. The number of carbonyl (C=O) groups is 2. The van der Waals surface area contributed by atoms with Gasteiger partial charge >= 0.3 is 0 Å². The van der Waals surface area contributed by atoms with Crippen molar-refractivity contribution < 1.29 is 24.4 Å². The summed E-state index contributed by atoms with van der Waals surface area (Å²) in [5.74, 6) is -0.640. The summed E-state index contributed by atoms with van der Waals surface area (Å²) in [7, 11) is 0. The Hall–Kier alpha value is -0.710. The molecule has 0 aliphatic carbocycles. The minimum atomic E-state index is -0.963. The summed E-state index contributed by atoms with van der Waals surface area (Å²) in [6, 6.07) is -0.668. The van der Waals surface area contributed by atoms with Gasteiger partial charge in [0.15, 0.2) is 0 Å². The molecule has 2 saturated heterocycles. The summed E-state index contributed by atoms with van der Waals surface area (Å²) in [5.41, 5.74) is -0.760. The monoisotopic (exact) mass is 361 g/mol. The first-order valence-corrected chi connectivity index (χ1v) is 8.95. The van der Waals surface area contributed by atoms with E-state index in [1.54, 1.807) is 13.8 Å². The van der Waals surface area contributed by atoms with E-state index in [0.717, 1.165) is 25.9 Å². The van der Waals surface area contributed by atoms with Gasteiger partial charge in [-0.1, -0.05) is 18.3 Å². The zero-order chi connectivity index (χ0) is 18.1. The van der Waals surface area contributed by atoms with E-state index in [1.807, 2.05) is 0 Å². The second-order valence-electron chi connectivity index (χ2n) is 7.48. The fraction of sp³-hybridized carbons (Fsp3) is 0.867. The predicted molar refractivity (Wildman–Crippen MR) is 88.7 cm³/mol. The summed E-state index contributed by atoms with van der Waals surface area (Å²) in [6.45, 7) is 9.42. The number of hydrogen-bond acceptors (Lipinski definition) is 8. The van der Waals surface area contributed by atoms with E-state index in [0.29, 0.717) is 10.5 Å². The summed E-state index contributed by atoms with van der Waals surface area (Å²) in [5, 5.41) is 18.6. The third kappa shape index (κ3) is 3.92. The fourth-order valence-corrected chi connectivity index (χ4v) is 4.21. The lowest BCUT2D eigenvalue weighted by atomic mass is 9.76. The summed E-state index contributed by atoms with van der Waals surface area (Å²) in [4.78, 5) is 29.1. The molecule has 2 aliphatic heterocycles. The maximum Gasteiger partial charge on any atom is 0.250 e. The van der Waals surface area contributed by atoms with E-state index >= 15 is 0 Å². The molecule has 0 aromatic rings. The first kappa shape index (κ1) is 19.6. The lowest BCUT2D eigenvalue weighted by Crippen LogP contribution is -2.63. The van der Waals surface area contributed by atoms with Crippen molar-refractivity contribution in [3.05, 3.63) is 0 Å². The third-order valence-corrected chi connectivity index (χ3v) is 5.44. The first-order valence-electron chi connectivity index (χ1n) is 8.25. The van der Waals surface area contributed by atoms with Crippen LogP contribution in [0.5, 0.6) is 0 Å². The molecular weight excluding hydrogens is 334 g/mol. The number of piperidine rings is 2. The molecule has 0 aromatic carbocycles. The molecule has 2 rings (SSSR count). The standard InChI is InChI=1S/C15H27N3O5S/c1-10(2)16-7-5-11(6-8-16)17-12(19)9-15(3,4)13(14(17)20)18(21)24-23-22/h10-11,13,21-22H,5-9H2,1-4H3. The van der Waals surface area contributed by atoms with E-state index in [2.05, 4.69) is 23.1 Å². The normalized spacial score (nSPS) is 26.7. The molecule has 0 spiro atoms. The third-order valence-electron chi connectivity index (χ3n) is 5.01. The summed E-state index contributed by atoms with van der Waals surface area (Å²) in [6.07, 6.45) is 1.62. The van der Waals surface area contributed by atoms with Gasteiger partial charge in [0, 0.05) is 37.0 Å². The van der Waals surface area contributed by atoms with Gasteiger partial charge in [-0.2, -0.15) is 0 Å². The number of carbonyl (C=O) groups excluding carboxylic acids is 2. The lowest BCUT2D eigenvalue weighted by molar-refractivity contribution is -0.179. The van der Waals surface area contributed by atoms with E-state index in [-0.39, 0.29) is 30.6 Å². The second kappa shape index (κ2) is 7.67. The molecule has 9 heteroatoms. The molecule has 0 bridgehead atoms. The van der Waals surface area contributed by atoms with Gasteiger partial charge in [0.1, 0.15) is 18.3 Å². The Balaban J connectivity index is 2.15. The highest BCUT2D eigenvalue weighted by Crippen LogP contribution is 2.39.